The van der Waals surface area contributed by atoms with E-state index in [9.17, 15) is 4.79 Å². The highest BCUT2D eigenvalue weighted by molar-refractivity contribution is 9.10. The Morgan fingerprint density at radius 3 is 2.59 bits per heavy atom. The van der Waals surface area contributed by atoms with Gasteiger partial charge in [0.05, 0.1) is 0 Å². The number of hydrogen-bond donors (Lipinski definition) is 1. The first kappa shape index (κ1) is 15.1. The minimum atomic E-state index is -0.198. The molecule has 1 aromatic carbocycles. The number of primary amides is 1. The number of amides is 1. The largest absolute Gasteiger partial charge is 0.369 e. The van der Waals surface area contributed by atoms with Gasteiger partial charge in [0, 0.05) is 29.0 Å². The van der Waals surface area contributed by atoms with Gasteiger partial charge < -0.3 is 5.73 Å². The fourth-order valence-corrected chi connectivity index (χ4v) is 2.82. The Labute approximate surface area is 136 Å². The molecule has 0 saturated carbocycles. The minimum absolute atomic E-state index is 0.00159. The van der Waals surface area contributed by atoms with E-state index >= 15 is 0 Å². The summed E-state index contributed by atoms with van der Waals surface area (Å²) < 4.78 is 1.01. The van der Waals surface area contributed by atoms with Crippen LogP contribution in [0.1, 0.15) is 12.8 Å². The fourth-order valence-electron chi connectivity index (χ4n) is 2.56. The Bertz CT molecular complexity index is 648. The highest BCUT2D eigenvalue weighted by Gasteiger charge is 2.23. The third-order valence-corrected chi connectivity index (χ3v) is 4.40. The van der Waals surface area contributed by atoms with Crippen LogP contribution in [-0.4, -0.2) is 44.1 Å². The standard InChI is InChI=1S/C14H17BrN6O/c15-12-3-1-11(2-4-12)14-17-19-21(18-14)9-20-7-5-10(6-8-20)13(16)22/h1-4,10H,5-9H2,(H2,16,22). The molecule has 0 atom stereocenters. The van der Waals surface area contributed by atoms with Gasteiger partial charge in [-0.15, -0.1) is 15.0 Å². The van der Waals surface area contributed by atoms with Crippen LogP contribution in [0.5, 0.6) is 0 Å². The number of nitrogens with zero attached hydrogens (tertiary/aromatic N) is 5. The summed E-state index contributed by atoms with van der Waals surface area (Å²) in [7, 11) is 0. The fraction of sp³-hybridized carbons (Fsp3) is 0.429. The first-order chi connectivity index (χ1) is 10.6. The van der Waals surface area contributed by atoms with Gasteiger partial charge in [-0.1, -0.05) is 15.9 Å². The van der Waals surface area contributed by atoms with E-state index in [1.165, 1.54) is 0 Å². The van der Waals surface area contributed by atoms with Gasteiger partial charge >= 0.3 is 0 Å². The van der Waals surface area contributed by atoms with Crippen LogP contribution < -0.4 is 5.73 Å². The van der Waals surface area contributed by atoms with Crippen molar-refractivity contribution in [2.75, 3.05) is 13.1 Å². The molecule has 2 aromatic rings. The molecule has 1 fully saturated rings. The quantitative estimate of drug-likeness (QED) is 0.881. The Hall–Kier alpha value is -1.80. The van der Waals surface area contributed by atoms with Crippen molar-refractivity contribution in [1.82, 2.24) is 25.1 Å². The number of nitrogens with two attached hydrogens (primary N) is 1. The van der Waals surface area contributed by atoms with Crippen LogP contribution in [0.2, 0.25) is 0 Å². The maximum Gasteiger partial charge on any atom is 0.220 e. The Balaban J connectivity index is 1.60. The summed E-state index contributed by atoms with van der Waals surface area (Å²) in [5, 5.41) is 12.6. The van der Waals surface area contributed by atoms with E-state index in [1.54, 1.807) is 4.80 Å². The lowest BCUT2D eigenvalue weighted by Gasteiger charge is -2.29. The smallest absolute Gasteiger partial charge is 0.220 e. The molecule has 1 aliphatic rings. The maximum atomic E-state index is 11.2. The summed E-state index contributed by atoms with van der Waals surface area (Å²) in [5.41, 5.74) is 6.28. The molecule has 116 valence electrons. The van der Waals surface area contributed by atoms with Crippen LogP contribution in [0.4, 0.5) is 0 Å². The average molecular weight is 365 g/mol. The van der Waals surface area contributed by atoms with Crippen LogP contribution >= 0.6 is 15.9 Å². The van der Waals surface area contributed by atoms with Crippen molar-refractivity contribution in [2.24, 2.45) is 11.7 Å². The Morgan fingerprint density at radius 1 is 1.27 bits per heavy atom. The second kappa shape index (κ2) is 6.53. The number of halogens is 1. The average Bonchev–Trinajstić information content (AvgIpc) is 2.97. The van der Waals surface area contributed by atoms with E-state index in [4.69, 9.17) is 5.73 Å². The summed E-state index contributed by atoms with van der Waals surface area (Å²) in [6.07, 6.45) is 1.59. The third kappa shape index (κ3) is 3.50. The minimum Gasteiger partial charge on any atom is -0.369 e. The second-order valence-electron chi connectivity index (χ2n) is 5.43. The molecule has 1 aliphatic heterocycles. The molecule has 3 rings (SSSR count). The van der Waals surface area contributed by atoms with Gasteiger partial charge in [-0.25, -0.2) is 0 Å². The van der Waals surface area contributed by atoms with Crippen molar-refractivity contribution < 1.29 is 4.79 Å². The summed E-state index contributed by atoms with van der Waals surface area (Å²) in [6.45, 7) is 2.22. The van der Waals surface area contributed by atoms with E-state index in [1.807, 2.05) is 24.3 Å². The lowest BCUT2D eigenvalue weighted by Crippen LogP contribution is -2.39. The normalized spacial score (nSPS) is 16.8. The van der Waals surface area contributed by atoms with Gasteiger partial charge in [0.25, 0.3) is 0 Å². The lowest BCUT2D eigenvalue weighted by atomic mass is 9.97. The van der Waals surface area contributed by atoms with Gasteiger partial charge in [-0.2, -0.15) is 0 Å². The van der Waals surface area contributed by atoms with Crippen LogP contribution in [0.25, 0.3) is 11.4 Å². The van der Waals surface area contributed by atoms with Gasteiger partial charge in [0.1, 0.15) is 6.67 Å². The van der Waals surface area contributed by atoms with E-state index in [-0.39, 0.29) is 11.8 Å². The zero-order chi connectivity index (χ0) is 15.5. The van der Waals surface area contributed by atoms with Crippen LogP contribution in [0.15, 0.2) is 28.7 Å². The SMILES string of the molecule is NC(=O)C1CCN(Cn2nnc(-c3ccc(Br)cc3)n2)CC1. The molecule has 1 amide bonds. The van der Waals surface area contributed by atoms with Crippen molar-refractivity contribution in [2.45, 2.75) is 19.5 Å². The summed E-state index contributed by atoms with van der Waals surface area (Å²) >= 11 is 3.40. The summed E-state index contributed by atoms with van der Waals surface area (Å²) in [5.74, 6) is 0.411. The first-order valence-electron chi connectivity index (χ1n) is 7.17. The van der Waals surface area contributed by atoms with Crippen molar-refractivity contribution in [3.05, 3.63) is 28.7 Å². The number of benzene rings is 1. The van der Waals surface area contributed by atoms with E-state index in [0.29, 0.717) is 12.5 Å². The van der Waals surface area contributed by atoms with Gasteiger partial charge in [0.15, 0.2) is 0 Å². The number of carbonyl (C=O) groups is 1. The number of carbonyl (C=O) groups excluding carboxylic acids is 1. The third-order valence-electron chi connectivity index (χ3n) is 3.87. The van der Waals surface area contributed by atoms with Gasteiger partial charge in [-0.3, -0.25) is 9.69 Å². The molecule has 8 heteroatoms. The molecule has 0 spiro atoms. The number of aromatic nitrogens is 4. The summed E-state index contributed by atoms with van der Waals surface area (Å²) in [6, 6.07) is 7.79. The molecular formula is C14H17BrN6O. The van der Waals surface area contributed by atoms with Crippen molar-refractivity contribution in [3.8, 4) is 11.4 Å². The molecule has 1 saturated heterocycles. The van der Waals surface area contributed by atoms with Crippen LogP contribution in [-0.2, 0) is 11.5 Å². The zero-order valence-corrected chi connectivity index (χ0v) is 13.6. The number of hydrogen-bond acceptors (Lipinski definition) is 5. The topological polar surface area (TPSA) is 89.9 Å². The Kier molecular flexibility index (Phi) is 4.49. The molecule has 7 nitrogen and oxygen atoms in total. The molecular weight excluding hydrogens is 348 g/mol. The van der Waals surface area contributed by atoms with Crippen molar-refractivity contribution in [3.63, 3.8) is 0 Å². The van der Waals surface area contributed by atoms with Crippen LogP contribution in [0.3, 0.4) is 0 Å². The molecule has 0 bridgehead atoms. The molecule has 22 heavy (non-hydrogen) atoms. The summed E-state index contributed by atoms with van der Waals surface area (Å²) in [4.78, 5) is 15.0. The van der Waals surface area contributed by atoms with Gasteiger partial charge in [0.2, 0.25) is 11.7 Å². The Morgan fingerprint density at radius 2 is 1.95 bits per heavy atom. The zero-order valence-electron chi connectivity index (χ0n) is 12.0. The monoisotopic (exact) mass is 364 g/mol. The molecule has 0 aliphatic carbocycles. The van der Waals surface area contributed by atoms with E-state index in [0.717, 1.165) is 36.0 Å². The van der Waals surface area contributed by atoms with Crippen LogP contribution in [0, 0.1) is 5.92 Å². The van der Waals surface area contributed by atoms with Gasteiger partial charge in [-0.05, 0) is 42.3 Å². The predicted molar refractivity (Wildman–Crippen MR) is 84.4 cm³/mol. The van der Waals surface area contributed by atoms with E-state index < -0.39 is 0 Å². The predicted octanol–water partition coefficient (Wildman–Crippen LogP) is 1.26. The number of tetrazole rings is 1. The van der Waals surface area contributed by atoms with Crippen molar-refractivity contribution >= 4 is 21.8 Å². The molecule has 2 heterocycles. The lowest BCUT2D eigenvalue weighted by molar-refractivity contribution is -0.123. The number of piperidine rings is 1. The van der Waals surface area contributed by atoms with E-state index in [2.05, 4.69) is 36.2 Å². The second-order valence-corrected chi connectivity index (χ2v) is 6.34. The molecule has 1 aromatic heterocycles. The molecule has 2 N–H and O–H groups in total. The number of likely N-dealkylation sites (tertiary alicyclic amines) is 1. The highest BCUT2D eigenvalue weighted by Crippen LogP contribution is 2.19. The molecule has 0 radical (unpaired) electrons. The molecule has 0 unspecified atom stereocenters. The highest BCUT2D eigenvalue weighted by atomic mass is 79.9. The first-order valence-corrected chi connectivity index (χ1v) is 7.96. The maximum absolute atomic E-state index is 11.2. The van der Waals surface area contributed by atoms with Crippen molar-refractivity contribution in [1.29, 1.82) is 0 Å². The number of rotatable bonds is 4.